The van der Waals surface area contributed by atoms with Gasteiger partial charge in [0.25, 0.3) is 0 Å². The molecule has 4 heteroatoms. The molecule has 18 heavy (non-hydrogen) atoms. The van der Waals surface area contributed by atoms with E-state index in [-0.39, 0.29) is 12.6 Å². The molecule has 4 rings (SSSR count). The highest BCUT2D eigenvalue weighted by atomic mass is 16.7. The minimum absolute atomic E-state index is 0.153. The van der Waals surface area contributed by atoms with Gasteiger partial charge in [0.15, 0.2) is 12.6 Å². The first-order chi connectivity index (χ1) is 8.75. The highest BCUT2D eigenvalue weighted by molar-refractivity contribution is 4.80. The van der Waals surface area contributed by atoms with Crippen molar-refractivity contribution in [2.24, 2.45) is 23.7 Å². The van der Waals surface area contributed by atoms with E-state index in [1.54, 1.807) is 0 Å². The van der Waals surface area contributed by atoms with Crippen molar-refractivity contribution in [3.05, 3.63) is 0 Å². The summed E-state index contributed by atoms with van der Waals surface area (Å²) in [7, 11) is 0. The molecule has 0 N–H and O–H groups in total. The molecule has 4 aliphatic heterocycles. The molecule has 0 bridgehead atoms. The van der Waals surface area contributed by atoms with E-state index in [0.717, 1.165) is 38.3 Å². The monoisotopic (exact) mass is 256 g/mol. The number of hydrogen-bond donors (Lipinski definition) is 0. The molecular weight excluding hydrogens is 232 g/mol. The van der Waals surface area contributed by atoms with Crippen molar-refractivity contribution in [3.63, 3.8) is 0 Å². The first-order valence-corrected chi connectivity index (χ1v) is 7.22. The summed E-state index contributed by atoms with van der Waals surface area (Å²) >= 11 is 0. The smallest absolute Gasteiger partial charge is 0.160 e. The highest BCUT2D eigenvalue weighted by Gasteiger charge is 2.39. The number of hydrogen-bond acceptors (Lipinski definition) is 4. The normalized spacial score (nSPS) is 49.7. The van der Waals surface area contributed by atoms with Crippen LogP contribution in [-0.4, -0.2) is 39.0 Å². The van der Waals surface area contributed by atoms with E-state index in [4.69, 9.17) is 18.9 Å². The summed E-state index contributed by atoms with van der Waals surface area (Å²) in [5.74, 6) is 2.84. The third-order valence-electron chi connectivity index (χ3n) is 4.67. The van der Waals surface area contributed by atoms with Crippen LogP contribution in [0.15, 0.2) is 0 Å². The zero-order valence-corrected chi connectivity index (χ0v) is 11.3. The molecule has 4 nitrogen and oxygen atoms in total. The second-order valence-corrected chi connectivity index (χ2v) is 6.00. The molecule has 4 fully saturated rings. The largest absolute Gasteiger partial charge is 0.352 e. The molecule has 4 saturated heterocycles. The lowest BCUT2D eigenvalue weighted by molar-refractivity contribution is -0.0907. The number of rotatable bonds is 0. The molecule has 0 aliphatic carbocycles. The maximum atomic E-state index is 5.37. The quantitative estimate of drug-likeness (QED) is 0.664. The molecule has 0 radical (unpaired) electrons. The van der Waals surface area contributed by atoms with Gasteiger partial charge in [-0.15, -0.1) is 0 Å². The fourth-order valence-corrected chi connectivity index (χ4v) is 3.35. The van der Waals surface area contributed by atoms with Gasteiger partial charge >= 0.3 is 0 Å². The van der Waals surface area contributed by atoms with Crippen LogP contribution in [0.4, 0.5) is 0 Å². The lowest BCUT2D eigenvalue weighted by Gasteiger charge is -2.07. The van der Waals surface area contributed by atoms with Gasteiger partial charge in [-0.05, 0) is 24.7 Å². The van der Waals surface area contributed by atoms with Gasteiger partial charge < -0.3 is 18.9 Å². The molecular formula is C14H24O4. The topological polar surface area (TPSA) is 36.9 Å². The van der Waals surface area contributed by atoms with Crippen LogP contribution < -0.4 is 0 Å². The van der Waals surface area contributed by atoms with E-state index in [0.29, 0.717) is 11.8 Å². The molecule has 4 aliphatic rings. The van der Waals surface area contributed by atoms with E-state index in [9.17, 15) is 0 Å². The lowest BCUT2D eigenvalue weighted by atomic mass is 9.96. The molecule has 6 unspecified atom stereocenters. The van der Waals surface area contributed by atoms with Crippen molar-refractivity contribution >= 4 is 0 Å². The van der Waals surface area contributed by atoms with Gasteiger partial charge in [-0.2, -0.15) is 0 Å². The van der Waals surface area contributed by atoms with Crippen molar-refractivity contribution in [2.45, 2.75) is 39.3 Å². The molecule has 104 valence electrons. The minimum atomic E-state index is 0.153. The van der Waals surface area contributed by atoms with Crippen LogP contribution in [0.2, 0.25) is 0 Å². The predicted molar refractivity (Wildman–Crippen MR) is 65.9 cm³/mol. The van der Waals surface area contributed by atoms with Crippen molar-refractivity contribution in [3.8, 4) is 0 Å². The van der Waals surface area contributed by atoms with Crippen LogP contribution in [0.1, 0.15) is 26.7 Å². The Morgan fingerprint density at radius 3 is 1.50 bits per heavy atom. The summed E-state index contributed by atoms with van der Waals surface area (Å²) in [6, 6.07) is 0. The third kappa shape index (κ3) is 2.44. The summed E-state index contributed by atoms with van der Waals surface area (Å²) in [6.45, 7) is 8.07. The highest BCUT2D eigenvalue weighted by Crippen LogP contribution is 2.35. The van der Waals surface area contributed by atoms with Crippen LogP contribution in [0.25, 0.3) is 0 Å². The van der Waals surface area contributed by atoms with Crippen LogP contribution in [-0.2, 0) is 18.9 Å². The van der Waals surface area contributed by atoms with Crippen molar-refractivity contribution < 1.29 is 18.9 Å². The maximum absolute atomic E-state index is 5.37. The van der Waals surface area contributed by atoms with E-state index in [1.165, 1.54) is 12.8 Å². The number of ether oxygens (including phenoxy) is 4. The molecule has 0 aromatic carbocycles. The molecule has 0 spiro atoms. The lowest BCUT2D eigenvalue weighted by Crippen LogP contribution is -2.12. The van der Waals surface area contributed by atoms with Crippen molar-refractivity contribution in [1.82, 2.24) is 0 Å². The van der Waals surface area contributed by atoms with Crippen LogP contribution in [0, 0.1) is 23.7 Å². The van der Waals surface area contributed by atoms with Gasteiger partial charge in [-0.1, -0.05) is 13.8 Å². The van der Waals surface area contributed by atoms with Gasteiger partial charge in [0.05, 0.1) is 26.4 Å². The third-order valence-corrected chi connectivity index (χ3v) is 4.67. The van der Waals surface area contributed by atoms with Gasteiger partial charge in [-0.3, -0.25) is 0 Å². The standard InChI is InChI=1S/2C7H12O2/c2*1-5-4-9-7-6(5)2-3-8-7/h2*5-7H,2-4H2,1H3. The Bertz CT molecular complexity index is 255. The zero-order chi connectivity index (χ0) is 12.5. The van der Waals surface area contributed by atoms with Crippen molar-refractivity contribution in [2.75, 3.05) is 26.4 Å². The Labute approximate surface area is 109 Å². The summed E-state index contributed by atoms with van der Waals surface area (Å²) in [6.07, 6.45) is 2.71. The van der Waals surface area contributed by atoms with Gasteiger partial charge in [0, 0.05) is 11.8 Å². The molecule has 4 heterocycles. The van der Waals surface area contributed by atoms with Crippen LogP contribution >= 0.6 is 0 Å². The second-order valence-electron chi connectivity index (χ2n) is 6.00. The molecule has 0 aromatic heterocycles. The molecule has 0 amide bonds. The van der Waals surface area contributed by atoms with Gasteiger partial charge in [0.2, 0.25) is 0 Å². The van der Waals surface area contributed by atoms with Gasteiger partial charge in [0.1, 0.15) is 0 Å². The van der Waals surface area contributed by atoms with E-state index < -0.39 is 0 Å². The van der Waals surface area contributed by atoms with E-state index >= 15 is 0 Å². The summed E-state index contributed by atoms with van der Waals surface area (Å²) in [5, 5.41) is 0. The van der Waals surface area contributed by atoms with E-state index in [1.807, 2.05) is 0 Å². The Balaban J connectivity index is 0.000000111. The summed E-state index contributed by atoms with van der Waals surface area (Å²) < 4.78 is 21.4. The predicted octanol–water partition coefficient (Wildman–Crippen LogP) is 2.03. The molecule has 0 aromatic rings. The fourth-order valence-electron chi connectivity index (χ4n) is 3.35. The maximum Gasteiger partial charge on any atom is 0.160 e. The first-order valence-electron chi connectivity index (χ1n) is 7.22. The summed E-state index contributed by atoms with van der Waals surface area (Å²) in [4.78, 5) is 0. The number of fused-ring (bicyclic) bond motifs is 2. The van der Waals surface area contributed by atoms with Gasteiger partial charge in [-0.25, -0.2) is 0 Å². The fraction of sp³-hybridized carbons (Fsp3) is 1.00. The zero-order valence-electron chi connectivity index (χ0n) is 11.3. The SMILES string of the molecule is CC1COC2OCCC12.CC1COC2OCCC12. The Hall–Kier alpha value is -0.160. The Kier molecular flexibility index (Phi) is 3.89. The summed E-state index contributed by atoms with van der Waals surface area (Å²) in [5.41, 5.74) is 0. The second kappa shape index (κ2) is 5.45. The molecule has 0 saturated carbocycles. The average molecular weight is 256 g/mol. The first kappa shape index (κ1) is 12.9. The van der Waals surface area contributed by atoms with E-state index in [2.05, 4.69) is 13.8 Å². The Morgan fingerprint density at radius 2 is 1.11 bits per heavy atom. The average Bonchev–Trinajstić information content (AvgIpc) is 3.06. The van der Waals surface area contributed by atoms with Crippen molar-refractivity contribution in [1.29, 1.82) is 0 Å². The van der Waals surface area contributed by atoms with Crippen LogP contribution in [0.3, 0.4) is 0 Å². The molecule has 6 atom stereocenters. The van der Waals surface area contributed by atoms with Crippen LogP contribution in [0.5, 0.6) is 0 Å². The Morgan fingerprint density at radius 1 is 0.667 bits per heavy atom. The minimum Gasteiger partial charge on any atom is -0.352 e.